The fourth-order valence-corrected chi connectivity index (χ4v) is 7.26. The molecule has 7 rings (SSSR count). The molecule has 1 aliphatic carbocycles. The van der Waals surface area contributed by atoms with Crippen molar-refractivity contribution in [2.45, 2.75) is 24.7 Å². The van der Waals surface area contributed by atoms with Gasteiger partial charge in [0.15, 0.2) is 0 Å². The van der Waals surface area contributed by atoms with Crippen molar-refractivity contribution in [2.75, 3.05) is 0 Å². The normalized spacial score (nSPS) is 13.9. The highest BCUT2D eigenvalue weighted by atomic mass is 32.2. The lowest BCUT2D eigenvalue weighted by Gasteiger charge is -2.19. The Morgan fingerprint density at radius 3 is 1.83 bits per heavy atom. The van der Waals surface area contributed by atoms with Crippen LogP contribution in [0.15, 0.2) is 102 Å². The van der Waals surface area contributed by atoms with Crippen molar-refractivity contribution in [2.24, 2.45) is 0 Å². The van der Waals surface area contributed by atoms with Crippen molar-refractivity contribution in [3.8, 4) is 0 Å². The van der Waals surface area contributed by atoms with Crippen LogP contribution in [-0.4, -0.2) is 17.0 Å². The van der Waals surface area contributed by atoms with E-state index in [1.807, 2.05) is 43.3 Å². The summed E-state index contributed by atoms with van der Waals surface area (Å²) in [5.41, 5.74) is 7.12. The van der Waals surface area contributed by atoms with Crippen LogP contribution in [0.4, 0.5) is 0 Å². The number of rotatable bonds is 3. The molecule has 4 nitrogen and oxygen atoms in total. The largest absolute Gasteiger partial charge is 0.313 e. The summed E-state index contributed by atoms with van der Waals surface area (Å²) in [5, 5.41) is 3.41. The fourth-order valence-electron chi connectivity index (χ4n) is 5.67. The Kier molecular flexibility index (Phi) is 4.54. The van der Waals surface area contributed by atoms with Crippen molar-refractivity contribution in [3.05, 3.63) is 114 Å². The van der Waals surface area contributed by atoms with Crippen LogP contribution in [0.5, 0.6) is 0 Å². The van der Waals surface area contributed by atoms with Crippen LogP contribution >= 0.6 is 0 Å². The van der Waals surface area contributed by atoms with Crippen LogP contribution in [-0.2, 0) is 16.4 Å². The van der Waals surface area contributed by atoms with Gasteiger partial charge in [0.25, 0.3) is 10.0 Å². The topological polar surface area (TPSA) is 44.0 Å². The molecule has 0 saturated carbocycles. The quantitative estimate of drug-likeness (QED) is 0.264. The van der Waals surface area contributed by atoms with Crippen molar-refractivity contribution in [1.82, 2.24) is 8.54 Å². The summed E-state index contributed by atoms with van der Waals surface area (Å²) in [5.74, 6) is 0. The van der Waals surface area contributed by atoms with Gasteiger partial charge < -0.3 is 4.57 Å². The van der Waals surface area contributed by atoms with E-state index in [0.717, 1.165) is 34.1 Å². The maximum absolute atomic E-state index is 13.9. The van der Waals surface area contributed by atoms with Gasteiger partial charge in [0, 0.05) is 33.1 Å². The van der Waals surface area contributed by atoms with Gasteiger partial charge in [-0.3, -0.25) is 0 Å². The Labute approximate surface area is 209 Å². The predicted octanol–water partition coefficient (Wildman–Crippen LogP) is 7.24. The van der Waals surface area contributed by atoms with E-state index in [2.05, 4.69) is 59.2 Å². The lowest BCUT2D eigenvalue weighted by Crippen LogP contribution is -2.17. The summed E-state index contributed by atoms with van der Waals surface area (Å²) >= 11 is 0. The Morgan fingerprint density at radius 1 is 0.639 bits per heavy atom. The van der Waals surface area contributed by atoms with E-state index in [-0.39, 0.29) is 0 Å². The summed E-state index contributed by atoms with van der Waals surface area (Å²) in [6, 6.07) is 31.9. The van der Waals surface area contributed by atoms with Gasteiger partial charge in [0.05, 0.1) is 21.4 Å². The first kappa shape index (κ1) is 21.2. The predicted molar refractivity (Wildman–Crippen MR) is 148 cm³/mol. The fraction of sp³-hybridized carbons (Fsp3) is 0.0968. The van der Waals surface area contributed by atoms with Crippen LogP contribution in [0.3, 0.4) is 0 Å². The molecule has 0 radical (unpaired) electrons. The molecule has 0 N–H and O–H groups in total. The number of aryl methyl sites for hydroxylation is 1. The molecule has 1 aliphatic rings. The van der Waals surface area contributed by atoms with Gasteiger partial charge in [-0.2, -0.15) is 0 Å². The number of aromatic nitrogens is 2. The lowest BCUT2D eigenvalue weighted by atomic mass is 9.99. The Hall–Kier alpha value is -4.09. The highest BCUT2D eigenvalue weighted by Gasteiger charge is 2.29. The Morgan fingerprint density at radius 2 is 1.19 bits per heavy atom. The number of hydrogen-bond donors (Lipinski definition) is 0. The highest BCUT2D eigenvalue weighted by molar-refractivity contribution is 7.90. The standard InChI is InChI=1S/C31H24N2O2S/c1-21-14-17-23(18-15-21)36(34,35)33-30-13-7-4-10-26(30)27-20-22(16-19-31(27)33)32-28-11-5-2-8-24(28)25-9-3-6-12-29(25)32/h2-15,17-18,20H,16,19H2,1H3. The third kappa shape index (κ3) is 2.96. The summed E-state index contributed by atoms with van der Waals surface area (Å²) in [6.45, 7) is 1.96. The first-order valence-corrected chi connectivity index (χ1v) is 13.6. The number of hydrogen-bond acceptors (Lipinski definition) is 2. The number of benzene rings is 4. The maximum Gasteiger partial charge on any atom is 0.268 e. The monoisotopic (exact) mass is 488 g/mol. The van der Waals surface area contributed by atoms with Gasteiger partial charge in [0.1, 0.15) is 0 Å². The van der Waals surface area contributed by atoms with E-state index < -0.39 is 10.0 Å². The molecule has 6 aromatic rings. The molecule has 2 aromatic heterocycles. The van der Waals surface area contributed by atoms with Crippen LogP contribution in [0.25, 0.3) is 44.5 Å². The number of allylic oxidation sites excluding steroid dienone is 1. The molecular weight excluding hydrogens is 464 g/mol. The number of fused-ring (bicyclic) bond motifs is 6. The molecule has 0 unspecified atom stereocenters. The zero-order valence-electron chi connectivity index (χ0n) is 19.8. The van der Waals surface area contributed by atoms with Gasteiger partial charge in [-0.15, -0.1) is 0 Å². The molecule has 5 heteroatoms. The van der Waals surface area contributed by atoms with Crippen LogP contribution in [0, 0.1) is 6.92 Å². The van der Waals surface area contributed by atoms with E-state index in [0.29, 0.717) is 11.3 Å². The summed E-state index contributed by atoms with van der Waals surface area (Å²) in [4.78, 5) is 0.314. The molecule has 0 fully saturated rings. The van der Waals surface area contributed by atoms with E-state index in [1.54, 1.807) is 16.1 Å². The molecule has 0 atom stereocenters. The van der Waals surface area contributed by atoms with Crippen molar-refractivity contribution < 1.29 is 8.42 Å². The zero-order valence-corrected chi connectivity index (χ0v) is 20.7. The molecular formula is C31H24N2O2S. The lowest BCUT2D eigenvalue weighted by molar-refractivity contribution is 0.586. The number of para-hydroxylation sites is 3. The molecule has 36 heavy (non-hydrogen) atoms. The van der Waals surface area contributed by atoms with E-state index >= 15 is 0 Å². The van der Waals surface area contributed by atoms with Crippen molar-refractivity contribution >= 4 is 54.5 Å². The van der Waals surface area contributed by atoms with Gasteiger partial charge >= 0.3 is 0 Å². The van der Waals surface area contributed by atoms with Gasteiger partial charge in [0.2, 0.25) is 0 Å². The second kappa shape index (κ2) is 7.70. The van der Waals surface area contributed by atoms with Gasteiger partial charge in [-0.05, 0) is 56.2 Å². The summed E-state index contributed by atoms with van der Waals surface area (Å²) in [6.07, 6.45) is 3.58. The van der Waals surface area contributed by atoms with Crippen molar-refractivity contribution in [1.29, 1.82) is 0 Å². The summed E-state index contributed by atoms with van der Waals surface area (Å²) in [7, 11) is -3.74. The molecule has 0 aliphatic heterocycles. The molecule has 0 amide bonds. The third-order valence-corrected chi connectivity index (χ3v) is 9.09. The average molecular weight is 489 g/mol. The molecule has 2 heterocycles. The molecule has 0 saturated heterocycles. The van der Waals surface area contributed by atoms with Crippen LogP contribution < -0.4 is 0 Å². The Balaban J connectivity index is 1.50. The minimum atomic E-state index is -3.74. The SMILES string of the molecule is Cc1ccc(S(=O)(=O)n2c3c(c4ccccc42)C=C(n2c4ccccc4c4ccccc42)CC3)cc1. The van der Waals surface area contributed by atoms with Crippen LogP contribution in [0.1, 0.15) is 23.2 Å². The second-order valence-electron chi connectivity index (χ2n) is 9.47. The molecule has 0 bridgehead atoms. The second-order valence-corrected chi connectivity index (χ2v) is 11.3. The Bertz CT molecular complexity index is 1900. The molecule has 0 spiro atoms. The van der Waals surface area contributed by atoms with E-state index in [4.69, 9.17) is 0 Å². The molecule has 176 valence electrons. The maximum atomic E-state index is 13.9. The minimum Gasteiger partial charge on any atom is -0.313 e. The van der Waals surface area contributed by atoms with E-state index in [9.17, 15) is 8.42 Å². The first-order valence-electron chi connectivity index (χ1n) is 12.2. The van der Waals surface area contributed by atoms with E-state index in [1.165, 1.54) is 27.5 Å². The first-order chi connectivity index (χ1) is 17.5. The zero-order chi connectivity index (χ0) is 24.4. The number of nitrogens with zero attached hydrogens (tertiary/aromatic N) is 2. The van der Waals surface area contributed by atoms with Crippen molar-refractivity contribution in [3.63, 3.8) is 0 Å². The minimum absolute atomic E-state index is 0.314. The highest BCUT2D eigenvalue weighted by Crippen LogP contribution is 2.40. The van der Waals surface area contributed by atoms with Crippen LogP contribution in [0.2, 0.25) is 0 Å². The smallest absolute Gasteiger partial charge is 0.268 e. The molecule has 4 aromatic carbocycles. The van der Waals surface area contributed by atoms with Gasteiger partial charge in [-0.25, -0.2) is 12.4 Å². The summed E-state index contributed by atoms with van der Waals surface area (Å²) < 4.78 is 31.7. The third-order valence-electron chi connectivity index (χ3n) is 7.32. The average Bonchev–Trinajstić information content (AvgIpc) is 3.42. The van der Waals surface area contributed by atoms with Gasteiger partial charge in [-0.1, -0.05) is 72.3 Å².